The van der Waals surface area contributed by atoms with Gasteiger partial charge in [0.15, 0.2) is 0 Å². The molecule has 0 saturated carbocycles. The first-order valence-corrected chi connectivity index (χ1v) is 10.2. The third-order valence-electron chi connectivity index (χ3n) is 3.60. The number of hydrogen-bond acceptors (Lipinski definition) is 4. The second-order valence-electron chi connectivity index (χ2n) is 5.52. The SMILES string of the molecule is CNCc1ccc(Br)c(S(=O)(=O)NCC2(C)CCCS2)c1. The van der Waals surface area contributed by atoms with Crippen LogP contribution in [-0.2, 0) is 16.6 Å². The lowest BCUT2D eigenvalue weighted by Gasteiger charge is -2.23. The molecule has 21 heavy (non-hydrogen) atoms. The van der Waals surface area contributed by atoms with E-state index in [-0.39, 0.29) is 4.75 Å². The Morgan fingerprint density at radius 3 is 2.81 bits per heavy atom. The van der Waals surface area contributed by atoms with Crippen molar-refractivity contribution in [1.29, 1.82) is 0 Å². The summed E-state index contributed by atoms with van der Waals surface area (Å²) in [5.41, 5.74) is 0.947. The highest BCUT2D eigenvalue weighted by Crippen LogP contribution is 2.37. The van der Waals surface area contributed by atoms with E-state index in [4.69, 9.17) is 0 Å². The van der Waals surface area contributed by atoms with Gasteiger partial charge in [-0.3, -0.25) is 0 Å². The Morgan fingerprint density at radius 1 is 1.43 bits per heavy atom. The second-order valence-corrected chi connectivity index (χ2v) is 9.79. The number of nitrogens with one attached hydrogen (secondary N) is 2. The first kappa shape index (κ1) is 17.3. The Balaban J connectivity index is 2.16. The molecule has 0 aliphatic carbocycles. The minimum absolute atomic E-state index is 0.0160. The maximum absolute atomic E-state index is 12.5. The van der Waals surface area contributed by atoms with E-state index >= 15 is 0 Å². The summed E-state index contributed by atoms with van der Waals surface area (Å²) in [7, 11) is -1.66. The topological polar surface area (TPSA) is 58.2 Å². The Hall–Kier alpha value is -0.0800. The molecule has 1 fully saturated rings. The van der Waals surface area contributed by atoms with Gasteiger partial charge in [-0.1, -0.05) is 6.07 Å². The Labute approximate surface area is 139 Å². The minimum Gasteiger partial charge on any atom is -0.316 e. The van der Waals surface area contributed by atoms with Gasteiger partial charge in [0.1, 0.15) is 0 Å². The highest BCUT2D eigenvalue weighted by atomic mass is 79.9. The zero-order chi connectivity index (χ0) is 15.5. The smallest absolute Gasteiger partial charge is 0.241 e. The number of sulfonamides is 1. The molecule has 1 aromatic carbocycles. The maximum Gasteiger partial charge on any atom is 0.241 e. The van der Waals surface area contributed by atoms with E-state index in [2.05, 4.69) is 32.9 Å². The monoisotopic (exact) mass is 392 g/mol. The first-order chi connectivity index (χ1) is 9.86. The van der Waals surface area contributed by atoms with Gasteiger partial charge >= 0.3 is 0 Å². The van der Waals surface area contributed by atoms with Crippen LogP contribution < -0.4 is 10.0 Å². The van der Waals surface area contributed by atoms with Crippen LogP contribution in [0.25, 0.3) is 0 Å². The van der Waals surface area contributed by atoms with Crippen molar-refractivity contribution in [1.82, 2.24) is 10.0 Å². The van der Waals surface area contributed by atoms with Gasteiger partial charge in [-0.25, -0.2) is 13.1 Å². The molecule has 1 aliphatic heterocycles. The number of rotatable bonds is 6. The summed E-state index contributed by atoms with van der Waals surface area (Å²) in [6.45, 7) is 3.24. The van der Waals surface area contributed by atoms with Crippen LogP contribution in [0.2, 0.25) is 0 Å². The standard InChI is InChI=1S/C14H21BrN2O2S2/c1-14(6-3-7-20-14)10-17-21(18,19)13-8-11(9-16-2)4-5-12(13)15/h4-5,8,16-17H,3,6-7,9-10H2,1-2H3. The number of thioether (sulfide) groups is 1. The van der Waals surface area contributed by atoms with Crippen LogP contribution in [0.1, 0.15) is 25.3 Å². The van der Waals surface area contributed by atoms with Crippen LogP contribution in [0, 0.1) is 0 Å². The zero-order valence-electron chi connectivity index (χ0n) is 12.3. The molecule has 118 valence electrons. The summed E-state index contributed by atoms with van der Waals surface area (Å²) in [6, 6.07) is 5.41. The van der Waals surface area contributed by atoms with Gasteiger partial charge in [0.25, 0.3) is 0 Å². The summed E-state index contributed by atoms with van der Waals surface area (Å²) in [6.07, 6.45) is 2.21. The molecule has 2 N–H and O–H groups in total. The van der Waals surface area contributed by atoms with Crippen molar-refractivity contribution in [3.63, 3.8) is 0 Å². The molecule has 1 aliphatic rings. The molecule has 0 amide bonds. The Kier molecular flexibility index (Phi) is 5.76. The normalized spacial score (nSPS) is 22.6. The van der Waals surface area contributed by atoms with Crippen LogP contribution >= 0.6 is 27.7 Å². The number of halogens is 1. The average Bonchev–Trinajstić information content (AvgIpc) is 2.87. The lowest BCUT2D eigenvalue weighted by atomic mass is 10.1. The highest BCUT2D eigenvalue weighted by molar-refractivity contribution is 9.10. The average molecular weight is 393 g/mol. The van der Waals surface area contributed by atoms with Crippen molar-refractivity contribution in [3.05, 3.63) is 28.2 Å². The lowest BCUT2D eigenvalue weighted by molar-refractivity contribution is 0.552. The fourth-order valence-corrected chi connectivity index (χ4v) is 5.89. The second kappa shape index (κ2) is 7.00. The van der Waals surface area contributed by atoms with E-state index in [1.807, 2.05) is 24.9 Å². The van der Waals surface area contributed by atoms with Gasteiger partial charge in [0, 0.05) is 22.3 Å². The molecule has 1 saturated heterocycles. The summed E-state index contributed by atoms with van der Waals surface area (Å²) in [5.74, 6) is 1.11. The van der Waals surface area contributed by atoms with Gasteiger partial charge in [-0.2, -0.15) is 11.8 Å². The van der Waals surface area contributed by atoms with Crippen LogP contribution in [0.15, 0.2) is 27.6 Å². The van der Waals surface area contributed by atoms with Crippen molar-refractivity contribution in [3.8, 4) is 0 Å². The molecule has 2 rings (SSSR count). The number of benzene rings is 1. The van der Waals surface area contributed by atoms with Crippen molar-refractivity contribution in [2.75, 3.05) is 19.3 Å². The molecule has 1 aromatic rings. The summed E-state index contributed by atoms with van der Waals surface area (Å²) in [5, 5.41) is 3.03. The fourth-order valence-electron chi connectivity index (χ4n) is 2.37. The van der Waals surface area contributed by atoms with Gasteiger partial charge in [-0.15, -0.1) is 0 Å². The summed E-state index contributed by atoms with van der Waals surface area (Å²) < 4.78 is 28.5. The Bertz CT molecular complexity index is 599. The molecule has 0 aromatic heterocycles. The quantitative estimate of drug-likeness (QED) is 0.781. The third kappa shape index (κ3) is 4.45. The van der Waals surface area contributed by atoms with Crippen LogP contribution in [0.5, 0.6) is 0 Å². The molecule has 0 spiro atoms. The molecule has 0 bridgehead atoms. The van der Waals surface area contributed by atoms with Crippen molar-refractivity contribution >= 4 is 37.7 Å². The Morgan fingerprint density at radius 2 is 2.19 bits per heavy atom. The van der Waals surface area contributed by atoms with Gasteiger partial charge in [0.2, 0.25) is 10.0 Å². The van der Waals surface area contributed by atoms with Crippen molar-refractivity contribution in [2.24, 2.45) is 0 Å². The van der Waals surface area contributed by atoms with E-state index in [0.29, 0.717) is 22.5 Å². The van der Waals surface area contributed by atoms with Gasteiger partial charge in [-0.05, 0) is 66.2 Å². The molecule has 7 heteroatoms. The number of hydrogen-bond donors (Lipinski definition) is 2. The van der Waals surface area contributed by atoms with E-state index in [1.54, 1.807) is 12.1 Å². The fraction of sp³-hybridized carbons (Fsp3) is 0.571. The van der Waals surface area contributed by atoms with Crippen molar-refractivity contribution in [2.45, 2.75) is 36.0 Å². The predicted octanol–water partition coefficient (Wildman–Crippen LogP) is 2.73. The van der Waals surface area contributed by atoms with Crippen LogP contribution in [-0.4, -0.2) is 32.5 Å². The summed E-state index contributed by atoms with van der Waals surface area (Å²) in [4.78, 5) is 0.307. The van der Waals surface area contributed by atoms with Gasteiger partial charge in [0.05, 0.1) is 4.90 Å². The van der Waals surface area contributed by atoms with E-state index in [1.165, 1.54) is 0 Å². The lowest BCUT2D eigenvalue weighted by Crippen LogP contribution is -2.36. The van der Waals surface area contributed by atoms with Gasteiger partial charge < -0.3 is 5.32 Å². The van der Waals surface area contributed by atoms with Crippen molar-refractivity contribution < 1.29 is 8.42 Å². The predicted molar refractivity (Wildman–Crippen MR) is 92.2 cm³/mol. The van der Waals surface area contributed by atoms with E-state index in [0.717, 1.165) is 24.2 Å². The zero-order valence-corrected chi connectivity index (χ0v) is 15.5. The molecular formula is C14H21BrN2O2S2. The molecule has 1 unspecified atom stereocenters. The highest BCUT2D eigenvalue weighted by Gasteiger charge is 2.31. The minimum atomic E-state index is -3.50. The van der Waals surface area contributed by atoms with E-state index < -0.39 is 10.0 Å². The maximum atomic E-state index is 12.5. The molecule has 1 atom stereocenters. The molecule has 4 nitrogen and oxygen atoms in total. The first-order valence-electron chi connectivity index (χ1n) is 6.93. The molecule has 0 radical (unpaired) electrons. The third-order valence-corrected chi connectivity index (χ3v) is 7.54. The van der Waals surface area contributed by atoms with E-state index in [9.17, 15) is 8.42 Å². The van der Waals surface area contributed by atoms with Crippen LogP contribution in [0.4, 0.5) is 0 Å². The molecule has 1 heterocycles. The largest absolute Gasteiger partial charge is 0.316 e. The molecular weight excluding hydrogens is 372 g/mol. The van der Waals surface area contributed by atoms with Crippen LogP contribution in [0.3, 0.4) is 0 Å². The summed E-state index contributed by atoms with van der Waals surface area (Å²) >= 11 is 5.19.